The summed E-state index contributed by atoms with van der Waals surface area (Å²) in [6, 6.07) is 0. The van der Waals surface area contributed by atoms with Gasteiger partial charge in [-0.1, -0.05) is 26.3 Å². The topological polar surface area (TPSA) is 20.2 Å². The van der Waals surface area contributed by atoms with Gasteiger partial charge >= 0.3 is 0 Å². The first-order valence-corrected chi connectivity index (χ1v) is 4.93. The Bertz CT molecular complexity index is 237. The van der Waals surface area contributed by atoms with Crippen LogP contribution in [0.1, 0.15) is 33.6 Å². The van der Waals surface area contributed by atoms with Crippen molar-refractivity contribution in [3.05, 3.63) is 11.1 Å². The van der Waals surface area contributed by atoms with Crippen LogP contribution in [0.2, 0.25) is 0 Å². The third-order valence-corrected chi connectivity index (χ3v) is 3.83. The fourth-order valence-electron chi connectivity index (χ4n) is 2.88. The quantitative estimate of drug-likeness (QED) is 0.593. The van der Waals surface area contributed by atoms with Crippen LogP contribution in [-0.2, 0) is 0 Å². The third kappa shape index (κ3) is 0.891. The fraction of sp³-hybridized carbons (Fsp3) is 0.818. The van der Waals surface area contributed by atoms with Gasteiger partial charge in [0.1, 0.15) is 0 Å². The van der Waals surface area contributed by atoms with Crippen molar-refractivity contribution in [3.8, 4) is 0 Å². The van der Waals surface area contributed by atoms with Crippen LogP contribution in [0.15, 0.2) is 11.1 Å². The molecule has 0 bridgehead atoms. The zero-order chi connectivity index (χ0) is 8.93. The molecule has 1 heteroatoms. The molecule has 0 aromatic heterocycles. The van der Waals surface area contributed by atoms with Crippen LogP contribution < -0.4 is 0 Å². The number of hydrogen-bond donors (Lipinski definition) is 1. The van der Waals surface area contributed by atoms with E-state index in [0.717, 1.165) is 5.92 Å². The van der Waals surface area contributed by atoms with Crippen molar-refractivity contribution in [2.45, 2.75) is 33.6 Å². The highest BCUT2D eigenvalue weighted by molar-refractivity contribution is 5.43. The first kappa shape index (κ1) is 8.31. The van der Waals surface area contributed by atoms with Gasteiger partial charge in [-0.15, -0.1) is 0 Å². The number of hydrogen-bond acceptors (Lipinski definition) is 1. The van der Waals surface area contributed by atoms with E-state index in [4.69, 9.17) is 0 Å². The Morgan fingerprint density at radius 1 is 1.42 bits per heavy atom. The summed E-state index contributed by atoms with van der Waals surface area (Å²) in [7, 11) is 0. The van der Waals surface area contributed by atoms with Gasteiger partial charge in [-0.2, -0.15) is 0 Å². The Morgan fingerprint density at radius 3 is 2.58 bits per heavy atom. The van der Waals surface area contributed by atoms with Crippen molar-refractivity contribution < 1.29 is 5.11 Å². The molecule has 0 aromatic rings. The van der Waals surface area contributed by atoms with Gasteiger partial charge in [-0.3, -0.25) is 0 Å². The Labute approximate surface area is 74.5 Å². The minimum absolute atomic E-state index is 0.288. The van der Waals surface area contributed by atoms with Crippen LogP contribution in [-0.4, -0.2) is 11.7 Å². The molecule has 0 amide bonds. The van der Waals surface area contributed by atoms with Crippen LogP contribution in [0.4, 0.5) is 0 Å². The zero-order valence-corrected chi connectivity index (χ0v) is 8.22. The van der Waals surface area contributed by atoms with Gasteiger partial charge in [0.05, 0.1) is 6.61 Å². The van der Waals surface area contributed by atoms with E-state index in [2.05, 4.69) is 20.8 Å². The van der Waals surface area contributed by atoms with E-state index in [0.29, 0.717) is 11.3 Å². The second kappa shape index (κ2) is 2.35. The van der Waals surface area contributed by atoms with E-state index in [1.54, 1.807) is 5.57 Å². The van der Waals surface area contributed by atoms with E-state index in [1.165, 1.54) is 18.4 Å². The molecule has 1 N–H and O–H groups in total. The lowest BCUT2D eigenvalue weighted by atomic mass is 9.90. The second-order valence-corrected chi connectivity index (χ2v) is 4.85. The van der Waals surface area contributed by atoms with Gasteiger partial charge in [0.25, 0.3) is 0 Å². The second-order valence-electron chi connectivity index (χ2n) is 4.85. The van der Waals surface area contributed by atoms with E-state index >= 15 is 0 Å². The highest BCUT2D eigenvalue weighted by Crippen LogP contribution is 2.64. The molecule has 0 spiro atoms. The van der Waals surface area contributed by atoms with Gasteiger partial charge in [-0.05, 0) is 35.7 Å². The van der Waals surface area contributed by atoms with Crippen molar-refractivity contribution in [1.82, 2.24) is 0 Å². The van der Waals surface area contributed by atoms with Crippen LogP contribution in [0.25, 0.3) is 0 Å². The summed E-state index contributed by atoms with van der Waals surface area (Å²) >= 11 is 0. The molecular weight excluding hydrogens is 148 g/mol. The largest absolute Gasteiger partial charge is 0.392 e. The summed E-state index contributed by atoms with van der Waals surface area (Å²) in [4.78, 5) is 0. The minimum Gasteiger partial charge on any atom is -0.392 e. The molecule has 0 saturated heterocycles. The zero-order valence-electron chi connectivity index (χ0n) is 8.22. The van der Waals surface area contributed by atoms with Crippen molar-refractivity contribution in [2.24, 2.45) is 17.3 Å². The highest BCUT2D eigenvalue weighted by atomic mass is 16.3. The van der Waals surface area contributed by atoms with Crippen molar-refractivity contribution in [3.63, 3.8) is 0 Å². The number of aliphatic hydroxyl groups excluding tert-OH is 1. The average Bonchev–Trinajstić information content (AvgIpc) is 2.55. The first-order chi connectivity index (χ1) is 5.59. The molecule has 0 heterocycles. The summed E-state index contributed by atoms with van der Waals surface area (Å²) in [6.07, 6.45) is 2.61. The molecule has 0 aromatic carbocycles. The van der Waals surface area contributed by atoms with E-state index < -0.39 is 0 Å². The maximum absolute atomic E-state index is 9.23. The van der Waals surface area contributed by atoms with Gasteiger partial charge in [0, 0.05) is 0 Å². The number of fused-ring (bicyclic) bond motifs is 1. The fourth-order valence-corrected chi connectivity index (χ4v) is 2.88. The summed E-state index contributed by atoms with van der Waals surface area (Å²) in [5.41, 5.74) is 3.34. The Balaban J connectivity index is 2.34. The molecule has 2 aliphatic rings. The van der Waals surface area contributed by atoms with Crippen LogP contribution in [0.5, 0.6) is 0 Å². The molecule has 0 aliphatic heterocycles. The predicted octanol–water partition coefficient (Wildman–Crippen LogP) is 2.36. The smallest absolute Gasteiger partial charge is 0.0647 e. The standard InChI is InChI=1S/C11H18O/c1-7-4-5-9-10(8(7)6-12)11(9,2)3/h7,9,12H,4-6H2,1-3H3. The molecular formula is C11H18O. The van der Waals surface area contributed by atoms with E-state index in [9.17, 15) is 5.11 Å². The molecule has 1 nitrogen and oxygen atoms in total. The predicted molar refractivity (Wildman–Crippen MR) is 49.8 cm³/mol. The summed E-state index contributed by atoms with van der Waals surface area (Å²) < 4.78 is 0. The molecule has 0 radical (unpaired) electrons. The van der Waals surface area contributed by atoms with Crippen molar-refractivity contribution in [1.29, 1.82) is 0 Å². The molecule has 12 heavy (non-hydrogen) atoms. The van der Waals surface area contributed by atoms with Crippen molar-refractivity contribution in [2.75, 3.05) is 6.61 Å². The van der Waals surface area contributed by atoms with Crippen LogP contribution >= 0.6 is 0 Å². The SMILES string of the molecule is CC1CCC2C(=C1CO)C2(C)C. The monoisotopic (exact) mass is 166 g/mol. The molecule has 1 fully saturated rings. The first-order valence-electron chi connectivity index (χ1n) is 4.93. The van der Waals surface area contributed by atoms with E-state index in [-0.39, 0.29) is 6.61 Å². The summed E-state index contributed by atoms with van der Waals surface area (Å²) in [5.74, 6) is 1.43. The Kier molecular flexibility index (Phi) is 1.63. The third-order valence-electron chi connectivity index (χ3n) is 3.83. The van der Waals surface area contributed by atoms with E-state index in [1.807, 2.05) is 0 Å². The van der Waals surface area contributed by atoms with Gasteiger partial charge in [0.15, 0.2) is 0 Å². The lowest BCUT2D eigenvalue weighted by molar-refractivity contribution is 0.307. The Hall–Kier alpha value is -0.300. The average molecular weight is 166 g/mol. The number of rotatable bonds is 1. The number of allylic oxidation sites excluding steroid dienone is 1. The molecule has 1 saturated carbocycles. The van der Waals surface area contributed by atoms with Crippen molar-refractivity contribution >= 4 is 0 Å². The normalized spacial score (nSPS) is 38.0. The number of aliphatic hydroxyl groups is 1. The maximum atomic E-state index is 9.23. The summed E-state index contributed by atoms with van der Waals surface area (Å²) in [6.45, 7) is 7.14. The Morgan fingerprint density at radius 2 is 2.08 bits per heavy atom. The molecule has 2 unspecified atom stereocenters. The van der Waals surface area contributed by atoms with Gasteiger partial charge < -0.3 is 5.11 Å². The lowest BCUT2D eigenvalue weighted by Gasteiger charge is -2.17. The lowest BCUT2D eigenvalue weighted by Crippen LogP contribution is -2.08. The molecule has 68 valence electrons. The molecule has 2 atom stereocenters. The highest BCUT2D eigenvalue weighted by Gasteiger charge is 2.55. The summed E-state index contributed by atoms with van der Waals surface area (Å²) in [5, 5.41) is 9.23. The van der Waals surface area contributed by atoms with Gasteiger partial charge in [0.2, 0.25) is 0 Å². The molecule has 2 aliphatic carbocycles. The minimum atomic E-state index is 0.288. The molecule has 2 rings (SSSR count). The van der Waals surface area contributed by atoms with Crippen LogP contribution in [0, 0.1) is 17.3 Å². The maximum Gasteiger partial charge on any atom is 0.0647 e. The van der Waals surface area contributed by atoms with Crippen LogP contribution in [0.3, 0.4) is 0 Å². The van der Waals surface area contributed by atoms with Gasteiger partial charge in [-0.25, -0.2) is 0 Å².